The molecule has 1 aromatic heterocycles. The van der Waals surface area contributed by atoms with E-state index in [9.17, 15) is 0 Å². The molecule has 0 saturated carbocycles. The van der Waals surface area contributed by atoms with Crippen molar-refractivity contribution in [1.29, 1.82) is 0 Å². The Hall–Kier alpha value is -0.870. The molecule has 2 aliphatic heterocycles. The third-order valence-electron chi connectivity index (χ3n) is 5.66. The van der Waals surface area contributed by atoms with E-state index in [0.29, 0.717) is 12.0 Å². The number of aromatic nitrogens is 1. The van der Waals surface area contributed by atoms with Crippen LogP contribution in [-0.2, 0) is 6.54 Å². The molecule has 2 fully saturated rings. The first-order chi connectivity index (χ1) is 13.2. The summed E-state index contributed by atoms with van der Waals surface area (Å²) in [5, 5.41) is 7.53. The van der Waals surface area contributed by atoms with E-state index in [1.165, 1.54) is 25.9 Å². The van der Waals surface area contributed by atoms with Crippen LogP contribution >= 0.6 is 24.0 Å². The summed E-state index contributed by atoms with van der Waals surface area (Å²) in [6.45, 7) is 16.0. The Kier molecular flexibility index (Phi) is 10.0. The number of piperidine rings is 1. The summed E-state index contributed by atoms with van der Waals surface area (Å²) in [5.41, 5.74) is 1.01. The van der Waals surface area contributed by atoms with Gasteiger partial charge in [0.25, 0.3) is 0 Å². The lowest BCUT2D eigenvalue weighted by Crippen LogP contribution is -2.52. The van der Waals surface area contributed by atoms with Gasteiger partial charge in [-0.25, -0.2) is 0 Å². The van der Waals surface area contributed by atoms with Crippen LogP contribution in [0.15, 0.2) is 21.8 Å². The van der Waals surface area contributed by atoms with Crippen molar-refractivity contribution in [2.75, 3.05) is 52.4 Å². The highest BCUT2D eigenvalue weighted by Gasteiger charge is 2.23. The minimum atomic E-state index is 0. The van der Waals surface area contributed by atoms with Crippen LogP contribution in [0.2, 0.25) is 0 Å². The Morgan fingerprint density at radius 3 is 2.71 bits per heavy atom. The summed E-state index contributed by atoms with van der Waals surface area (Å²) >= 11 is 0. The fraction of sp³-hybridized carbons (Fsp3) is 0.800. The Morgan fingerprint density at radius 1 is 1.29 bits per heavy atom. The molecule has 2 saturated heterocycles. The van der Waals surface area contributed by atoms with Crippen LogP contribution in [0.25, 0.3) is 0 Å². The number of nitrogens with one attached hydrogen (secondary N) is 1. The summed E-state index contributed by atoms with van der Waals surface area (Å²) in [5.74, 6) is 1.77. The van der Waals surface area contributed by atoms with Crippen molar-refractivity contribution in [2.45, 2.75) is 46.2 Å². The number of piperazine rings is 1. The maximum atomic E-state index is 5.01. The van der Waals surface area contributed by atoms with Crippen molar-refractivity contribution >= 4 is 29.9 Å². The number of halogens is 1. The lowest BCUT2D eigenvalue weighted by atomic mass is 9.97. The Bertz CT molecular complexity index is 571. The van der Waals surface area contributed by atoms with Gasteiger partial charge in [-0.05, 0) is 46.1 Å². The maximum Gasteiger partial charge on any atom is 0.194 e. The molecule has 7 nitrogen and oxygen atoms in total. The lowest BCUT2D eigenvalue weighted by Gasteiger charge is -2.37. The lowest BCUT2D eigenvalue weighted by molar-refractivity contribution is 0.142. The highest BCUT2D eigenvalue weighted by molar-refractivity contribution is 14.0. The molecular weight excluding hydrogens is 467 g/mol. The molecular formula is C20H37IN6O. The van der Waals surface area contributed by atoms with Gasteiger partial charge in [0.15, 0.2) is 5.96 Å². The smallest absolute Gasteiger partial charge is 0.194 e. The second-order valence-electron chi connectivity index (χ2n) is 8.05. The minimum Gasteiger partial charge on any atom is -0.364 e. The zero-order valence-corrected chi connectivity index (χ0v) is 20.0. The molecule has 1 aromatic rings. The monoisotopic (exact) mass is 504 g/mol. The largest absolute Gasteiger partial charge is 0.364 e. The fourth-order valence-electron chi connectivity index (χ4n) is 4.02. The highest BCUT2D eigenvalue weighted by atomic mass is 127. The van der Waals surface area contributed by atoms with Crippen LogP contribution in [0.5, 0.6) is 0 Å². The van der Waals surface area contributed by atoms with Crippen molar-refractivity contribution in [3.63, 3.8) is 0 Å². The number of rotatable bonds is 6. The van der Waals surface area contributed by atoms with Gasteiger partial charge in [0.1, 0.15) is 6.26 Å². The van der Waals surface area contributed by atoms with E-state index < -0.39 is 0 Å². The molecule has 2 aliphatic rings. The summed E-state index contributed by atoms with van der Waals surface area (Å²) < 4.78 is 4.94. The first kappa shape index (κ1) is 23.4. The van der Waals surface area contributed by atoms with E-state index in [-0.39, 0.29) is 24.0 Å². The summed E-state index contributed by atoms with van der Waals surface area (Å²) in [6.07, 6.45) is 4.25. The number of hydrogen-bond acceptors (Lipinski definition) is 5. The van der Waals surface area contributed by atoms with E-state index in [1.54, 1.807) is 6.26 Å². The Morgan fingerprint density at radius 2 is 2.07 bits per heavy atom. The third-order valence-corrected chi connectivity index (χ3v) is 5.66. The van der Waals surface area contributed by atoms with Gasteiger partial charge in [0.05, 0.1) is 5.69 Å². The van der Waals surface area contributed by atoms with Crippen LogP contribution in [0.3, 0.4) is 0 Å². The molecule has 3 heterocycles. The van der Waals surface area contributed by atoms with Crippen LogP contribution in [0, 0.1) is 5.92 Å². The average molecular weight is 504 g/mol. The molecule has 1 N–H and O–H groups in total. The van der Waals surface area contributed by atoms with E-state index in [1.807, 2.05) is 6.07 Å². The van der Waals surface area contributed by atoms with E-state index >= 15 is 0 Å². The van der Waals surface area contributed by atoms with Gasteiger partial charge in [0.2, 0.25) is 0 Å². The second-order valence-corrected chi connectivity index (χ2v) is 8.05. The second kappa shape index (κ2) is 12.0. The van der Waals surface area contributed by atoms with Gasteiger partial charge in [0, 0.05) is 64.5 Å². The standard InChI is InChI=1S/C20H36N6O.HI/c1-4-21-20(22-14-18-6-5-8-26(15-18)17(2)3)25-11-9-24(10-12-25)16-19-7-13-27-23-19;/h7,13,17-18H,4-6,8-12,14-16H2,1-3H3,(H,21,22);1H. The van der Waals surface area contributed by atoms with Crippen molar-refractivity contribution in [2.24, 2.45) is 10.9 Å². The molecule has 0 radical (unpaired) electrons. The van der Waals surface area contributed by atoms with Crippen LogP contribution in [0.4, 0.5) is 0 Å². The molecule has 160 valence electrons. The molecule has 0 aliphatic carbocycles. The summed E-state index contributed by atoms with van der Waals surface area (Å²) in [4.78, 5) is 12.4. The SMILES string of the molecule is CCNC(=NCC1CCCN(C(C)C)C1)N1CCN(Cc2ccon2)CC1.I. The summed E-state index contributed by atoms with van der Waals surface area (Å²) in [6, 6.07) is 2.59. The van der Waals surface area contributed by atoms with Gasteiger partial charge in [-0.15, -0.1) is 24.0 Å². The third kappa shape index (κ3) is 6.88. The molecule has 0 amide bonds. The average Bonchev–Trinajstić information content (AvgIpc) is 3.19. The van der Waals surface area contributed by atoms with E-state index in [2.05, 4.69) is 45.9 Å². The molecule has 8 heteroatoms. The zero-order valence-electron chi connectivity index (χ0n) is 17.6. The highest BCUT2D eigenvalue weighted by Crippen LogP contribution is 2.19. The normalized spacial score (nSPS) is 22.4. The number of hydrogen-bond donors (Lipinski definition) is 1. The summed E-state index contributed by atoms with van der Waals surface area (Å²) in [7, 11) is 0. The Balaban J connectivity index is 0.00000280. The topological polar surface area (TPSA) is 60.1 Å². The van der Waals surface area contributed by atoms with Crippen molar-refractivity contribution in [3.8, 4) is 0 Å². The van der Waals surface area contributed by atoms with E-state index in [4.69, 9.17) is 9.52 Å². The molecule has 0 spiro atoms. The van der Waals surface area contributed by atoms with Crippen molar-refractivity contribution < 1.29 is 4.52 Å². The van der Waals surface area contributed by atoms with E-state index in [0.717, 1.165) is 57.5 Å². The first-order valence-electron chi connectivity index (χ1n) is 10.5. The molecule has 0 bridgehead atoms. The first-order valence-corrected chi connectivity index (χ1v) is 10.5. The molecule has 0 aromatic carbocycles. The predicted octanol–water partition coefficient (Wildman–Crippen LogP) is 2.50. The van der Waals surface area contributed by atoms with Crippen LogP contribution in [0.1, 0.15) is 39.3 Å². The zero-order chi connectivity index (χ0) is 19.1. The molecule has 3 rings (SSSR count). The fourth-order valence-corrected chi connectivity index (χ4v) is 4.02. The van der Waals surface area contributed by atoms with Crippen LogP contribution in [-0.4, -0.2) is 84.2 Å². The number of nitrogens with zero attached hydrogens (tertiary/aromatic N) is 5. The van der Waals surface area contributed by atoms with Gasteiger partial charge in [-0.2, -0.15) is 0 Å². The number of guanidine groups is 1. The van der Waals surface area contributed by atoms with Crippen LogP contribution < -0.4 is 5.32 Å². The number of likely N-dealkylation sites (tertiary alicyclic amines) is 1. The van der Waals surface area contributed by atoms with Gasteiger partial charge in [-0.1, -0.05) is 5.16 Å². The van der Waals surface area contributed by atoms with Gasteiger partial charge >= 0.3 is 0 Å². The predicted molar refractivity (Wildman–Crippen MR) is 124 cm³/mol. The quantitative estimate of drug-likeness (QED) is 0.365. The van der Waals surface area contributed by atoms with Gasteiger partial charge in [-0.3, -0.25) is 9.89 Å². The van der Waals surface area contributed by atoms with Gasteiger partial charge < -0.3 is 19.6 Å². The molecule has 28 heavy (non-hydrogen) atoms. The maximum absolute atomic E-state index is 5.01. The Labute approximate surface area is 186 Å². The molecule has 1 unspecified atom stereocenters. The van der Waals surface area contributed by atoms with Crippen molar-refractivity contribution in [1.82, 2.24) is 25.2 Å². The molecule has 1 atom stereocenters. The minimum absolute atomic E-state index is 0. The number of aliphatic imine (C=N–C) groups is 1. The van der Waals surface area contributed by atoms with Crippen molar-refractivity contribution in [3.05, 3.63) is 18.0 Å².